The highest BCUT2D eigenvalue weighted by Crippen LogP contribution is 2.29. The molecule has 18 heavy (non-hydrogen) atoms. The van der Waals surface area contributed by atoms with Crippen molar-refractivity contribution in [3.05, 3.63) is 52.4 Å². The Bertz CT molecular complexity index is 486. The Labute approximate surface area is 116 Å². The zero-order chi connectivity index (χ0) is 12.8. The smallest absolute Gasteiger partial charge is 0.117 e. The topological polar surface area (TPSA) is 37.2 Å². The Morgan fingerprint density at radius 1 is 1.06 bits per heavy atom. The van der Waals surface area contributed by atoms with Gasteiger partial charge in [-0.05, 0) is 24.3 Å². The van der Waals surface area contributed by atoms with E-state index in [4.69, 9.17) is 27.6 Å². The van der Waals surface area contributed by atoms with Crippen molar-refractivity contribution in [2.75, 3.05) is 18.4 Å². The summed E-state index contributed by atoms with van der Waals surface area (Å²) >= 11 is 12.0. The van der Waals surface area contributed by atoms with Crippen molar-refractivity contribution in [3.63, 3.8) is 0 Å². The summed E-state index contributed by atoms with van der Waals surface area (Å²) in [4.78, 5) is 0. The molecule has 0 unspecified atom stereocenters. The predicted octanol–water partition coefficient (Wildman–Crippen LogP) is 3.79. The fourth-order valence-corrected chi connectivity index (χ4v) is 1.92. The van der Waals surface area contributed by atoms with Crippen LogP contribution >= 0.6 is 23.2 Å². The minimum atomic E-state index is 0.560. The van der Waals surface area contributed by atoms with Gasteiger partial charge in [-0.25, -0.2) is 0 Å². The zero-order valence-corrected chi connectivity index (χ0v) is 11.3. The summed E-state index contributed by atoms with van der Waals surface area (Å²) in [5.74, 6) is 0.927. The maximum Gasteiger partial charge on any atom is 0.117 e. The van der Waals surface area contributed by atoms with Crippen LogP contribution in [0.1, 0.15) is 5.76 Å². The molecule has 96 valence electrons. The Balaban J connectivity index is 1.70. The third kappa shape index (κ3) is 3.67. The second-order valence-corrected chi connectivity index (χ2v) is 4.57. The predicted molar refractivity (Wildman–Crippen MR) is 75.4 cm³/mol. The van der Waals surface area contributed by atoms with Crippen LogP contribution in [-0.4, -0.2) is 13.1 Å². The summed E-state index contributed by atoms with van der Waals surface area (Å²) in [6, 6.07) is 9.35. The largest absolute Gasteiger partial charge is 0.468 e. The average molecular weight is 285 g/mol. The average Bonchev–Trinajstić information content (AvgIpc) is 2.87. The van der Waals surface area contributed by atoms with Gasteiger partial charge in [0.05, 0.1) is 28.5 Å². The number of hydrogen-bond donors (Lipinski definition) is 2. The quantitative estimate of drug-likeness (QED) is 0.793. The molecule has 0 bridgehead atoms. The monoisotopic (exact) mass is 284 g/mol. The number of anilines is 1. The van der Waals surface area contributed by atoms with Crippen molar-refractivity contribution < 1.29 is 4.42 Å². The Kier molecular flexibility index (Phi) is 4.93. The summed E-state index contributed by atoms with van der Waals surface area (Å²) in [6.07, 6.45) is 1.67. The lowest BCUT2D eigenvalue weighted by Crippen LogP contribution is -2.21. The van der Waals surface area contributed by atoms with Crippen molar-refractivity contribution in [1.29, 1.82) is 0 Å². The summed E-state index contributed by atoms with van der Waals surface area (Å²) < 4.78 is 5.21. The molecule has 1 aromatic carbocycles. The number of rotatable bonds is 6. The lowest BCUT2D eigenvalue weighted by molar-refractivity contribution is 0.486. The van der Waals surface area contributed by atoms with Crippen molar-refractivity contribution in [1.82, 2.24) is 5.32 Å². The normalized spacial score (nSPS) is 10.6. The van der Waals surface area contributed by atoms with Crippen LogP contribution in [0.3, 0.4) is 0 Å². The van der Waals surface area contributed by atoms with Gasteiger partial charge in [0.2, 0.25) is 0 Å². The molecular formula is C13H14Cl2N2O. The first-order chi connectivity index (χ1) is 8.77. The van der Waals surface area contributed by atoms with Gasteiger partial charge in [-0.15, -0.1) is 0 Å². The van der Waals surface area contributed by atoms with Gasteiger partial charge in [0.1, 0.15) is 5.76 Å². The summed E-state index contributed by atoms with van der Waals surface area (Å²) in [5.41, 5.74) is 0.851. The van der Waals surface area contributed by atoms with Gasteiger partial charge in [0, 0.05) is 13.1 Å². The molecule has 1 aromatic heterocycles. The number of halogens is 2. The Morgan fingerprint density at radius 3 is 2.72 bits per heavy atom. The molecular weight excluding hydrogens is 271 g/mol. The highest BCUT2D eigenvalue weighted by atomic mass is 35.5. The van der Waals surface area contributed by atoms with Gasteiger partial charge in [-0.1, -0.05) is 29.3 Å². The molecule has 0 radical (unpaired) electrons. The maximum absolute atomic E-state index is 6.06. The Hall–Kier alpha value is -1.16. The molecule has 0 spiro atoms. The molecule has 2 N–H and O–H groups in total. The number of furan rings is 1. The van der Waals surface area contributed by atoms with E-state index in [-0.39, 0.29) is 0 Å². The van der Waals surface area contributed by atoms with E-state index in [9.17, 15) is 0 Å². The standard InChI is InChI=1S/C13H14Cl2N2O/c14-11-4-1-5-12(13(11)15)17-7-6-16-9-10-3-2-8-18-10/h1-5,8,16-17H,6-7,9H2. The number of hydrogen-bond acceptors (Lipinski definition) is 3. The van der Waals surface area contributed by atoms with Crippen LogP contribution in [0, 0.1) is 0 Å². The van der Waals surface area contributed by atoms with E-state index in [1.165, 1.54) is 0 Å². The summed E-state index contributed by atoms with van der Waals surface area (Å²) in [7, 11) is 0. The van der Waals surface area contributed by atoms with Gasteiger partial charge in [-0.2, -0.15) is 0 Å². The van der Waals surface area contributed by atoms with Gasteiger partial charge < -0.3 is 15.1 Å². The van der Waals surface area contributed by atoms with Crippen LogP contribution < -0.4 is 10.6 Å². The maximum atomic E-state index is 6.06. The second-order valence-electron chi connectivity index (χ2n) is 3.78. The molecule has 0 fully saturated rings. The first-order valence-electron chi connectivity index (χ1n) is 5.68. The van der Waals surface area contributed by atoms with E-state index >= 15 is 0 Å². The minimum Gasteiger partial charge on any atom is -0.468 e. The SMILES string of the molecule is Clc1cccc(NCCNCc2ccco2)c1Cl. The molecule has 2 aromatic rings. The molecule has 0 saturated carbocycles. The molecule has 0 amide bonds. The van der Waals surface area contributed by atoms with Gasteiger partial charge >= 0.3 is 0 Å². The fourth-order valence-electron chi connectivity index (χ4n) is 1.55. The molecule has 0 atom stereocenters. The molecule has 0 saturated heterocycles. The van der Waals surface area contributed by atoms with Gasteiger partial charge in [0.15, 0.2) is 0 Å². The number of nitrogens with one attached hydrogen (secondary N) is 2. The lowest BCUT2D eigenvalue weighted by atomic mass is 10.3. The molecule has 2 rings (SSSR count). The highest BCUT2D eigenvalue weighted by Gasteiger charge is 2.02. The zero-order valence-electron chi connectivity index (χ0n) is 9.75. The minimum absolute atomic E-state index is 0.560. The third-order valence-corrected chi connectivity index (χ3v) is 3.27. The highest BCUT2D eigenvalue weighted by molar-refractivity contribution is 6.43. The van der Waals surface area contributed by atoms with Gasteiger partial charge in [-0.3, -0.25) is 0 Å². The first kappa shape index (κ1) is 13.3. The molecule has 3 nitrogen and oxygen atoms in total. The molecule has 0 aliphatic heterocycles. The van der Waals surface area contributed by atoms with Crippen LogP contribution in [0.4, 0.5) is 5.69 Å². The van der Waals surface area contributed by atoms with Crippen LogP contribution in [0.2, 0.25) is 10.0 Å². The van der Waals surface area contributed by atoms with Crippen molar-refractivity contribution in [3.8, 4) is 0 Å². The first-order valence-corrected chi connectivity index (χ1v) is 6.44. The van der Waals surface area contributed by atoms with Crippen molar-refractivity contribution in [2.24, 2.45) is 0 Å². The van der Waals surface area contributed by atoms with E-state index in [1.54, 1.807) is 12.3 Å². The lowest BCUT2D eigenvalue weighted by Gasteiger charge is -2.09. The number of benzene rings is 1. The van der Waals surface area contributed by atoms with Crippen LogP contribution in [0.5, 0.6) is 0 Å². The molecule has 0 aliphatic carbocycles. The fraction of sp³-hybridized carbons (Fsp3) is 0.231. The third-order valence-electron chi connectivity index (χ3n) is 2.45. The molecule has 0 aliphatic rings. The van der Waals surface area contributed by atoms with Gasteiger partial charge in [0.25, 0.3) is 0 Å². The van der Waals surface area contributed by atoms with Crippen molar-refractivity contribution in [2.45, 2.75) is 6.54 Å². The summed E-state index contributed by atoms with van der Waals surface area (Å²) in [6.45, 7) is 2.29. The van der Waals surface area contributed by atoms with E-state index < -0.39 is 0 Å². The Morgan fingerprint density at radius 2 is 1.94 bits per heavy atom. The van der Waals surface area contributed by atoms with E-state index in [0.717, 1.165) is 31.1 Å². The van der Waals surface area contributed by atoms with E-state index in [1.807, 2.05) is 24.3 Å². The van der Waals surface area contributed by atoms with Crippen LogP contribution in [0.15, 0.2) is 41.0 Å². The van der Waals surface area contributed by atoms with E-state index in [2.05, 4.69) is 10.6 Å². The van der Waals surface area contributed by atoms with Crippen LogP contribution in [-0.2, 0) is 6.54 Å². The summed E-state index contributed by atoms with van der Waals surface area (Å²) in [5, 5.41) is 7.60. The van der Waals surface area contributed by atoms with Crippen LogP contribution in [0.25, 0.3) is 0 Å². The molecule has 1 heterocycles. The van der Waals surface area contributed by atoms with Crippen molar-refractivity contribution >= 4 is 28.9 Å². The van der Waals surface area contributed by atoms with E-state index in [0.29, 0.717) is 10.0 Å². The second kappa shape index (κ2) is 6.69. The molecule has 5 heteroatoms.